The van der Waals surface area contributed by atoms with Crippen LogP contribution in [0.3, 0.4) is 0 Å². The molecule has 1 amide bonds. The average Bonchev–Trinajstić information content (AvgIpc) is 3.40. The van der Waals surface area contributed by atoms with Gasteiger partial charge in [-0.05, 0) is 102 Å². The van der Waals surface area contributed by atoms with Gasteiger partial charge in [0.1, 0.15) is 19.3 Å². The average molecular weight is 1110 g/mol. The lowest BCUT2D eigenvalue weighted by Gasteiger charge is -2.27. The maximum absolute atomic E-state index is 13.6. The third kappa shape index (κ3) is 58.1. The van der Waals surface area contributed by atoms with E-state index in [4.69, 9.17) is 13.8 Å². The maximum Gasteiger partial charge on any atom is 0.472 e. The highest BCUT2D eigenvalue weighted by Gasteiger charge is 2.30. The Morgan fingerprint density at radius 2 is 0.782 bits per heavy atom. The van der Waals surface area contributed by atoms with E-state index in [1.807, 2.05) is 33.3 Å². The standard InChI is InChI=1S/C68H125N2O7P/c1-7-10-13-16-19-22-25-28-30-32-33-34-35-36-37-39-40-42-45-48-51-54-57-60-67(71)69-65(64-76-78(73,74)75-63-62-70(4,5)6)66(59-56-53-50-47-44-27-24-21-18-15-12-9-3)77-68(72)61-58-55-52-49-46-43-41-38-31-29-26-23-20-17-14-11-8-2/h19-20,22-23,28-31,33-34,56,59,65-66H,7-18,21,24-27,32,35-55,57-58,60-64H2,1-6H3,(H-,69,71,73,74)/p+1/b22-19-,23-20-,30-28-,31-29-,34-33-,59-56-. The number of hydrogen-bond acceptors (Lipinski definition) is 6. The molecule has 0 aromatic heterocycles. The van der Waals surface area contributed by atoms with Gasteiger partial charge in [0.25, 0.3) is 0 Å². The first-order chi connectivity index (χ1) is 37.9. The van der Waals surface area contributed by atoms with E-state index < -0.39 is 20.0 Å². The number of phosphoric ester groups is 1. The molecule has 0 bridgehead atoms. The van der Waals surface area contributed by atoms with Crippen molar-refractivity contribution in [2.75, 3.05) is 40.9 Å². The zero-order chi connectivity index (χ0) is 57.2. The molecule has 0 rings (SSSR count). The molecule has 0 aromatic carbocycles. The first-order valence-corrected chi connectivity index (χ1v) is 34.3. The topological polar surface area (TPSA) is 111 Å². The van der Waals surface area contributed by atoms with Crippen molar-refractivity contribution in [2.24, 2.45) is 0 Å². The second kappa shape index (κ2) is 57.7. The van der Waals surface area contributed by atoms with Crippen LogP contribution < -0.4 is 5.32 Å². The van der Waals surface area contributed by atoms with Gasteiger partial charge in [0.05, 0.1) is 33.8 Å². The number of nitrogens with one attached hydrogen (secondary N) is 1. The van der Waals surface area contributed by atoms with Gasteiger partial charge in [-0.1, -0.05) is 255 Å². The quantitative estimate of drug-likeness (QED) is 0.0205. The van der Waals surface area contributed by atoms with Gasteiger partial charge >= 0.3 is 13.8 Å². The zero-order valence-electron chi connectivity index (χ0n) is 51.9. The third-order valence-electron chi connectivity index (χ3n) is 14.4. The highest BCUT2D eigenvalue weighted by molar-refractivity contribution is 7.47. The molecule has 0 aliphatic heterocycles. The minimum atomic E-state index is -4.46. The Bertz CT molecular complexity index is 1570. The van der Waals surface area contributed by atoms with Gasteiger partial charge in [-0.3, -0.25) is 18.6 Å². The highest BCUT2D eigenvalue weighted by atomic mass is 31.2. The highest BCUT2D eigenvalue weighted by Crippen LogP contribution is 2.43. The molecule has 0 aliphatic carbocycles. The normalized spacial score (nSPS) is 14.1. The number of likely N-dealkylation sites (N-methyl/N-ethyl adjacent to an activating group) is 1. The van der Waals surface area contributed by atoms with E-state index in [1.54, 1.807) is 0 Å². The largest absolute Gasteiger partial charge is 0.472 e. The first kappa shape index (κ1) is 75.5. The van der Waals surface area contributed by atoms with E-state index in [2.05, 4.69) is 86.8 Å². The Morgan fingerprint density at radius 3 is 1.19 bits per heavy atom. The first-order valence-electron chi connectivity index (χ1n) is 32.8. The van der Waals surface area contributed by atoms with Gasteiger partial charge < -0.3 is 19.4 Å². The van der Waals surface area contributed by atoms with Crippen LogP contribution in [0.4, 0.5) is 0 Å². The molecule has 0 aromatic rings. The van der Waals surface area contributed by atoms with Gasteiger partial charge in [-0.2, -0.15) is 0 Å². The summed E-state index contributed by atoms with van der Waals surface area (Å²) in [5.41, 5.74) is 0. The minimum absolute atomic E-state index is 0.0362. The van der Waals surface area contributed by atoms with Crippen molar-refractivity contribution >= 4 is 19.7 Å². The molecule has 10 heteroatoms. The fourth-order valence-electron chi connectivity index (χ4n) is 9.27. The van der Waals surface area contributed by atoms with E-state index in [0.717, 1.165) is 89.9 Å². The summed E-state index contributed by atoms with van der Waals surface area (Å²) in [6.07, 6.45) is 74.6. The predicted octanol–water partition coefficient (Wildman–Crippen LogP) is 20.4. The van der Waals surface area contributed by atoms with Crippen molar-refractivity contribution in [3.63, 3.8) is 0 Å². The number of carbonyl (C=O) groups is 2. The molecular weight excluding hydrogens is 988 g/mol. The lowest BCUT2D eigenvalue weighted by molar-refractivity contribution is -0.870. The molecule has 9 nitrogen and oxygen atoms in total. The number of amides is 1. The second-order valence-electron chi connectivity index (χ2n) is 23.3. The van der Waals surface area contributed by atoms with E-state index in [1.165, 1.54) is 173 Å². The van der Waals surface area contributed by atoms with Crippen LogP contribution in [0, 0.1) is 0 Å². The SMILES string of the molecule is CCCCC/C=C\C/C=C\C/C=C\CCCCCCCCCCCCC(=O)NC(COP(=O)(O)OCC[N+](C)(C)C)C(/C=C\CCCCCCCCCCCC)OC(=O)CCCCCCCCC/C=C\C/C=C\CCCCC. The zero-order valence-corrected chi connectivity index (χ0v) is 52.8. The lowest BCUT2D eigenvalue weighted by atomic mass is 10.0. The summed E-state index contributed by atoms with van der Waals surface area (Å²) < 4.78 is 30.7. The Balaban J connectivity index is 5.18. The molecule has 3 atom stereocenters. The molecule has 3 unspecified atom stereocenters. The van der Waals surface area contributed by atoms with Crippen LogP contribution in [0.15, 0.2) is 72.9 Å². The van der Waals surface area contributed by atoms with Crippen LogP contribution in [0.1, 0.15) is 297 Å². The van der Waals surface area contributed by atoms with Crippen LogP contribution in [-0.4, -0.2) is 74.3 Å². The summed E-state index contributed by atoms with van der Waals surface area (Å²) in [7, 11) is 1.49. The molecule has 0 saturated carbocycles. The lowest BCUT2D eigenvalue weighted by Crippen LogP contribution is -2.47. The molecular formula is C68H126N2O7P+. The molecule has 0 fully saturated rings. The van der Waals surface area contributed by atoms with Crippen molar-refractivity contribution in [1.29, 1.82) is 0 Å². The number of carbonyl (C=O) groups excluding carboxylic acids is 2. The van der Waals surface area contributed by atoms with Crippen molar-refractivity contribution in [3.8, 4) is 0 Å². The summed E-state index contributed by atoms with van der Waals surface area (Å²) in [5, 5.41) is 3.06. The Labute approximate surface area is 483 Å². The summed E-state index contributed by atoms with van der Waals surface area (Å²) in [4.78, 5) is 37.8. The van der Waals surface area contributed by atoms with Crippen molar-refractivity contribution in [3.05, 3.63) is 72.9 Å². The van der Waals surface area contributed by atoms with Crippen LogP contribution in [0.2, 0.25) is 0 Å². The number of ether oxygens (including phenoxy) is 1. The van der Waals surface area contributed by atoms with Gasteiger partial charge in [0.2, 0.25) is 5.91 Å². The molecule has 0 spiro atoms. The van der Waals surface area contributed by atoms with Gasteiger partial charge in [-0.25, -0.2) is 4.57 Å². The molecule has 0 aliphatic rings. The summed E-state index contributed by atoms with van der Waals surface area (Å²) in [5.74, 6) is -0.514. The summed E-state index contributed by atoms with van der Waals surface area (Å²) in [6.45, 7) is 6.97. The number of hydrogen-bond donors (Lipinski definition) is 2. The van der Waals surface area contributed by atoms with E-state index in [0.29, 0.717) is 17.4 Å². The second-order valence-corrected chi connectivity index (χ2v) is 24.7. The molecule has 78 heavy (non-hydrogen) atoms. The minimum Gasteiger partial charge on any atom is -0.456 e. The van der Waals surface area contributed by atoms with Crippen LogP contribution >= 0.6 is 7.82 Å². The smallest absolute Gasteiger partial charge is 0.456 e. The number of esters is 1. The fourth-order valence-corrected chi connectivity index (χ4v) is 10.0. The van der Waals surface area contributed by atoms with Gasteiger partial charge in [0.15, 0.2) is 0 Å². The molecule has 0 radical (unpaired) electrons. The molecule has 0 saturated heterocycles. The number of allylic oxidation sites excluding steroid dienone is 11. The Kier molecular flexibility index (Phi) is 55.8. The number of quaternary nitrogens is 1. The van der Waals surface area contributed by atoms with Crippen molar-refractivity contribution in [1.82, 2.24) is 5.32 Å². The predicted molar refractivity (Wildman–Crippen MR) is 337 cm³/mol. The van der Waals surface area contributed by atoms with Crippen LogP contribution in [0.25, 0.3) is 0 Å². The van der Waals surface area contributed by atoms with Crippen molar-refractivity contribution < 1.29 is 37.3 Å². The van der Waals surface area contributed by atoms with Crippen molar-refractivity contribution in [2.45, 2.75) is 309 Å². The monoisotopic (exact) mass is 1110 g/mol. The Hall–Kier alpha value is -2.55. The van der Waals surface area contributed by atoms with E-state index in [-0.39, 0.29) is 31.5 Å². The molecule has 454 valence electrons. The number of rotatable bonds is 59. The number of unbranched alkanes of at least 4 members (excludes halogenated alkanes) is 33. The molecule has 0 heterocycles. The summed E-state index contributed by atoms with van der Waals surface area (Å²) >= 11 is 0. The fraction of sp³-hybridized carbons (Fsp3) is 0.794. The van der Waals surface area contributed by atoms with Gasteiger partial charge in [-0.15, -0.1) is 0 Å². The number of phosphoric acid groups is 1. The van der Waals surface area contributed by atoms with E-state index in [9.17, 15) is 19.0 Å². The van der Waals surface area contributed by atoms with Gasteiger partial charge in [0, 0.05) is 12.8 Å². The van der Waals surface area contributed by atoms with Crippen LogP contribution in [-0.2, 0) is 27.9 Å². The van der Waals surface area contributed by atoms with E-state index >= 15 is 0 Å². The summed E-state index contributed by atoms with van der Waals surface area (Å²) in [6, 6.07) is -0.856. The number of nitrogens with zero attached hydrogens (tertiary/aromatic N) is 1. The molecule has 2 N–H and O–H groups in total. The Morgan fingerprint density at radius 1 is 0.449 bits per heavy atom. The third-order valence-corrected chi connectivity index (χ3v) is 15.4. The maximum atomic E-state index is 13.6. The van der Waals surface area contributed by atoms with Crippen LogP contribution in [0.5, 0.6) is 0 Å².